The number of hydrogen-bond acceptors (Lipinski definition) is 4. The Kier molecular flexibility index (Phi) is 2.72. The van der Waals surface area contributed by atoms with Crippen molar-refractivity contribution in [1.29, 1.82) is 0 Å². The maximum Gasteiger partial charge on any atom is 0.321 e. The third-order valence-electron chi connectivity index (χ3n) is 2.32. The first-order chi connectivity index (χ1) is 7.66. The Bertz CT molecular complexity index is 474. The molecule has 0 aliphatic heterocycles. The Hall–Kier alpha value is -2.10. The lowest BCUT2D eigenvalue weighted by molar-refractivity contribution is 0.441. The number of ether oxygens (including phenoxy) is 1. The van der Waals surface area contributed by atoms with Crippen molar-refractivity contribution < 1.29 is 4.74 Å². The van der Waals surface area contributed by atoms with Gasteiger partial charge in [0.05, 0.1) is 0 Å². The van der Waals surface area contributed by atoms with E-state index < -0.39 is 0 Å². The summed E-state index contributed by atoms with van der Waals surface area (Å²) in [7, 11) is 0. The summed E-state index contributed by atoms with van der Waals surface area (Å²) in [5.74, 6) is 0.704. The number of aryl methyl sites for hydroxylation is 2. The Morgan fingerprint density at radius 1 is 1.06 bits per heavy atom. The number of hydrogen-bond donors (Lipinski definition) is 1. The molecule has 0 fully saturated rings. The van der Waals surface area contributed by atoms with Crippen LogP contribution in [0.4, 0.5) is 5.69 Å². The second-order valence-electron chi connectivity index (χ2n) is 3.60. The Balaban J connectivity index is 2.29. The fourth-order valence-electron chi connectivity index (χ4n) is 1.44. The molecular formula is C12H13N3O. The number of nitrogens with zero attached hydrogens (tertiary/aromatic N) is 2. The molecule has 0 spiro atoms. The maximum absolute atomic E-state index is 5.86. The molecule has 0 aliphatic carbocycles. The van der Waals surface area contributed by atoms with E-state index in [2.05, 4.69) is 9.97 Å². The largest absolute Gasteiger partial charge is 0.424 e. The van der Waals surface area contributed by atoms with Crippen LogP contribution in [0.2, 0.25) is 0 Å². The van der Waals surface area contributed by atoms with E-state index in [0.29, 0.717) is 11.8 Å². The predicted molar refractivity (Wildman–Crippen MR) is 62.4 cm³/mol. The topological polar surface area (TPSA) is 61.0 Å². The zero-order valence-corrected chi connectivity index (χ0v) is 9.27. The lowest BCUT2D eigenvalue weighted by Gasteiger charge is -2.08. The van der Waals surface area contributed by atoms with Gasteiger partial charge in [-0.1, -0.05) is 0 Å². The van der Waals surface area contributed by atoms with E-state index in [0.717, 1.165) is 16.8 Å². The minimum Gasteiger partial charge on any atom is -0.424 e. The van der Waals surface area contributed by atoms with Gasteiger partial charge in [-0.05, 0) is 43.2 Å². The van der Waals surface area contributed by atoms with E-state index in [1.54, 1.807) is 18.5 Å². The maximum atomic E-state index is 5.86. The van der Waals surface area contributed by atoms with Crippen LogP contribution in [0, 0.1) is 13.8 Å². The average Bonchev–Trinajstić information content (AvgIpc) is 2.27. The molecule has 0 aliphatic rings. The summed E-state index contributed by atoms with van der Waals surface area (Å²) in [5, 5.41) is 0. The van der Waals surface area contributed by atoms with Crippen molar-refractivity contribution in [2.45, 2.75) is 13.8 Å². The second-order valence-corrected chi connectivity index (χ2v) is 3.60. The molecular weight excluding hydrogens is 202 g/mol. The smallest absolute Gasteiger partial charge is 0.321 e. The first-order valence-corrected chi connectivity index (χ1v) is 4.98. The van der Waals surface area contributed by atoms with Crippen LogP contribution in [0.15, 0.2) is 30.6 Å². The SMILES string of the molecule is Cc1cc(Oc2ncccn2)cc(C)c1N. The van der Waals surface area contributed by atoms with E-state index in [1.165, 1.54) is 0 Å². The van der Waals surface area contributed by atoms with Crippen LogP contribution in [-0.2, 0) is 0 Å². The number of nitrogen functional groups attached to an aromatic ring is 1. The van der Waals surface area contributed by atoms with Crippen molar-refractivity contribution in [3.8, 4) is 11.8 Å². The molecule has 1 heterocycles. The third-order valence-corrected chi connectivity index (χ3v) is 2.32. The van der Waals surface area contributed by atoms with Gasteiger partial charge in [0.25, 0.3) is 0 Å². The quantitative estimate of drug-likeness (QED) is 0.782. The molecule has 82 valence electrons. The fraction of sp³-hybridized carbons (Fsp3) is 0.167. The third kappa shape index (κ3) is 2.11. The molecule has 0 unspecified atom stereocenters. The van der Waals surface area contributed by atoms with Crippen molar-refractivity contribution in [1.82, 2.24) is 9.97 Å². The zero-order valence-electron chi connectivity index (χ0n) is 9.27. The van der Waals surface area contributed by atoms with Gasteiger partial charge in [0, 0.05) is 18.1 Å². The highest BCUT2D eigenvalue weighted by Gasteiger charge is 2.04. The molecule has 4 heteroatoms. The molecule has 2 N–H and O–H groups in total. The van der Waals surface area contributed by atoms with Gasteiger partial charge in [0.2, 0.25) is 0 Å². The molecule has 2 aromatic rings. The molecule has 0 amide bonds. The van der Waals surface area contributed by atoms with Crippen molar-refractivity contribution in [3.63, 3.8) is 0 Å². The fourth-order valence-corrected chi connectivity index (χ4v) is 1.44. The van der Waals surface area contributed by atoms with E-state index in [-0.39, 0.29) is 0 Å². The molecule has 1 aromatic carbocycles. The average molecular weight is 215 g/mol. The van der Waals surface area contributed by atoms with Crippen LogP contribution >= 0.6 is 0 Å². The lowest BCUT2D eigenvalue weighted by Crippen LogP contribution is -1.96. The first-order valence-electron chi connectivity index (χ1n) is 4.98. The summed E-state index contributed by atoms with van der Waals surface area (Å²) in [6.45, 7) is 3.89. The van der Waals surface area contributed by atoms with Crippen LogP contribution in [0.25, 0.3) is 0 Å². The summed E-state index contributed by atoms with van der Waals surface area (Å²) in [4.78, 5) is 7.98. The summed E-state index contributed by atoms with van der Waals surface area (Å²) in [6, 6.07) is 5.83. The highest BCUT2D eigenvalue weighted by Crippen LogP contribution is 2.25. The molecule has 4 nitrogen and oxygen atoms in total. The second kappa shape index (κ2) is 4.18. The molecule has 16 heavy (non-hydrogen) atoms. The van der Waals surface area contributed by atoms with Crippen LogP contribution in [-0.4, -0.2) is 9.97 Å². The molecule has 0 saturated heterocycles. The number of anilines is 1. The summed E-state index contributed by atoms with van der Waals surface area (Å²) >= 11 is 0. The number of nitrogens with two attached hydrogens (primary N) is 1. The number of benzene rings is 1. The van der Waals surface area contributed by atoms with Gasteiger partial charge in [-0.25, -0.2) is 9.97 Å². The molecule has 0 atom stereocenters. The van der Waals surface area contributed by atoms with Gasteiger partial charge in [-0.3, -0.25) is 0 Å². The Morgan fingerprint density at radius 2 is 1.62 bits per heavy atom. The van der Waals surface area contributed by atoms with E-state index in [9.17, 15) is 0 Å². The van der Waals surface area contributed by atoms with Crippen molar-refractivity contribution >= 4 is 5.69 Å². The molecule has 0 radical (unpaired) electrons. The van der Waals surface area contributed by atoms with E-state index >= 15 is 0 Å². The van der Waals surface area contributed by atoms with Gasteiger partial charge in [-0.15, -0.1) is 0 Å². The predicted octanol–water partition coefficient (Wildman–Crippen LogP) is 2.47. The van der Waals surface area contributed by atoms with Crippen LogP contribution in [0.1, 0.15) is 11.1 Å². The minimum absolute atomic E-state index is 0.339. The molecule has 0 saturated carbocycles. The van der Waals surface area contributed by atoms with E-state index in [4.69, 9.17) is 10.5 Å². The lowest BCUT2D eigenvalue weighted by atomic mass is 10.1. The van der Waals surface area contributed by atoms with Crippen LogP contribution in [0.3, 0.4) is 0 Å². The van der Waals surface area contributed by atoms with Crippen LogP contribution < -0.4 is 10.5 Å². The molecule has 2 rings (SSSR count). The van der Waals surface area contributed by atoms with Gasteiger partial charge >= 0.3 is 6.01 Å². The van der Waals surface area contributed by atoms with Gasteiger partial charge in [-0.2, -0.15) is 0 Å². The van der Waals surface area contributed by atoms with E-state index in [1.807, 2.05) is 26.0 Å². The Morgan fingerprint density at radius 3 is 2.19 bits per heavy atom. The summed E-state index contributed by atoms with van der Waals surface area (Å²) < 4.78 is 5.52. The zero-order chi connectivity index (χ0) is 11.5. The van der Waals surface area contributed by atoms with Crippen LogP contribution in [0.5, 0.6) is 11.8 Å². The normalized spacial score (nSPS) is 10.1. The van der Waals surface area contributed by atoms with Gasteiger partial charge < -0.3 is 10.5 Å². The molecule has 1 aromatic heterocycles. The summed E-state index contributed by atoms with van der Waals surface area (Å²) in [6.07, 6.45) is 3.28. The van der Waals surface area contributed by atoms with Crippen molar-refractivity contribution in [2.24, 2.45) is 0 Å². The number of rotatable bonds is 2. The van der Waals surface area contributed by atoms with Gasteiger partial charge in [0.1, 0.15) is 5.75 Å². The van der Waals surface area contributed by atoms with Crippen molar-refractivity contribution in [2.75, 3.05) is 5.73 Å². The monoisotopic (exact) mass is 215 g/mol. The van der Waals surface area contributed by atoms with Gasteiger partial charge in [0.15, 0.2) is 0 Å². The highest BCUT2D eigenvalue weighted by atomic mass is 16.5. The molecule has 0 bridgehead atoms. The Labute approximate surface area is 94.1 Å². The first kappa shape index (κ1) is 10.4. The van der Waals surface area contributed by atoms with Crippen molar-refractivity contribution in [3.05, 3.63) is 41.7 Å². The standard InChI is InChI=1S/C12H13N3O/c1-8-6-10(7-9(2)11(8)13)16-12-14-4-3-5-15-12/h3-7H,13H2,1-2H3. The summed E-state index contributed by atoms with van der Waals surface area (Å²) in [5.41, 5.74) is 8.63. The number of aromatic nitrogens is 2. The highest BCUT2D eigenvalue weighted by molar-refractivity contribution is 5.56. The minimum atomic E-state index is 0.339.